The second kappa shape index (κ2) is 7.42. The summed E-state index contributed by atoms with van der Waals surface area (Å²) in [7, 11) is 1.60. The lowest BCUT2D eigenvalue weighted by atomic mass is 10.0. The number of pyridine rings is 1. The molecule has 1 aliphatic heterocycles. The van der Waals surface area contributed by atoms with Crippen LogP contribution in [0.2, 0.25) is 0 Å². The number of likely N-dealkylation sites (tertiary alicyclic amines) is 1. The fourth-order valence-electron chi connectivity index (χ4n) is 3.93. The fourth-order valence-corrected chi connectivity index (χ4v) is 3.93. The van der Waals surface area contributed by atoms with Crippen molar-refractivity contribution >= 4 is 27.5 Å². The maximum absolute atomic E-state index is 9.42. The molecule has 1 fully saturated rings. The number of benzene rings is 2. The van der Waals surface area contributed by atoms with Crippen molar-refractivity contribution in [2.24, 2.45) is 0 Å². The SMILES string of the molecule is CCN1CCC(Nc2c3ccccc3nc3cc(C#N)c(OC)cc23)CC1. The first-order valence-corrected chi connectivity index (χ1v) is 9.53. The van der Waals surface area contributed by atoms with Crippen LogP contribution in [0.4, 0.5) is 5.69 Å². The minimum absolute atomic E-state index is 0.434. The highest BCUT2D eigenvalue weighted by molar-refractivity contribution is 6.08. The minimum atomic E-state index is 0.434. The average Bonchev–Trinajstić information content (AvgIpc) is 2.73. The second-order valence-corrected chi connectivity index (χ2v) is 7.04. The van der Waals surface area contributed by atoms with Crippen molar-refractivity contribution < 1.29 is 4.74 Å². The summed E-state index contributed by atoms with van der Waals surface area (Å²) in [6.45, 7) is 5.58. The molecule has 0 saturated carbocycles. The zero-order valence-corrected chi connectivity index (χ0v) is 15.8. The van der Waals surface area contributed by atoms with Crippen LogP contribution in [0.5, 0.6) is 5.75 Å². The molecule has 3 aromatic rings. The van der Waals surface area contributed by atoms with E-state index < -0.39 is 0 Å². The number of nitrogens with one attached hydrogen (secondary N) is 1. The molecule has 0 unspecified atom stereocenters. The molecule has 0 amide bonds. The number of anilines is 1. The molecule has 2 heterocycles. The topological polar surface area (TPSA) is 61.2 Å². The first-order valence-electron chi connectivity index (χ1n) is 9.53. The van der Waals surface area contributed by atoms with Gasteiger partial charge in [0.15, 0.2) is 0 Å². The second-order valence-electron chi connectivity index (χ2n) is 7.04. The van der Waals surface area contributed by atoms with Crippen molar-refractivity contribution in [1.82, 2.24) is 9.88 Å². The van der Waals surface area contributed by atoms with Gasteiger partial charge in [0.2, 0.25) is 0 Å². The number of rotatable bonds is 4. The number of nitrogens with zero attached hydrogens (tertiary/aromatic N) is 3. The Kier molecular flexibility index (Phi) is 4.83. The number of methoxy groups -OCH3 is 1. The number of piperidine rings is 1. The lowest BCUT2D eigenvalue weighted by Crippen LogP contribution is -2.38. The first kappa shape index (κ1) is 17.6. The van der Waals surface area contributed by atoms with Crippen LogP contribution in [0, 0.1) is 11.3 Å². The zero-order valence-electron chi connectivity index (χ0n) is 15.8. The molecule has 5 nitrogen and oxygen atoms in total. The Morgan fingerprint density at radius 2 is 1.96 bits per heavy atom. The van der Waals surface area contributed by atoms with Gasteiger partial charge in [-0.05, 0) is 37.6 Å². The molecule has 1 N–H and O–H groups in total. The number of para-hydroxylation sites is 1. The molecular weight excluding hydrogens is 336 g/mol. The Hall–Kier alpha value is -2.84. The third-order valence-electron chi connectivity index (χ3n) is 5.51. The molecule has 138 valence electrons. The van der Waals surface area contributed by atoms with Gasteiger partial charge in [-0.25, -0.2) is 4.98 Å². The van der Waals surface area contributed by atoms with Gasteiger partial charge < -0.3 is 15.0 Å². The summed E-state index contributed by atoms with van der Waals surface area (Å²) in [5.41, 5.74) is 3.36. The number of nitriles is 1. The van der Waals surface area contributed by atoms with Gasteiger partial charge in [-0.2, -0.15) is 5.26 Å². The van der Waals surface area contributed by atoms with Gasteiger partial charge in [-0.1, -0.05) is 25.1 Å². The summed E-state index contributed by atoms with van der Waals surface area (Å²) in [6.07, 6.45) is 2.25. The van der Waals surface area contributed by atoms with Gasteiger partial charge in [-0.15, -0.1) is 0 Å². The van der Waals surface area contributed by atoms with Crippen LogP contribution >= 0.6 is 0 Å². The summed E-state index contributed by atoms with van der Waals surface area (Å²) in [5.74, 6) is 0.589. The van der Waals surface area contributed by atoms with Crippen LogP contribution in [0.25, 0.3) is 21.8 Å². The molecule has 0 spiro atoms. The van der Waals surface area contributed by atoms with E-state index in [2.05, 4.69) is 29.3 Å². The maximum Gasteiger partial charge on any atom is 0.137 e. The van der Waals surface area contributed by atoms with E-state index in [4.69, 9.17) is 9.72 Å². The monoisotopic (exact) mass is 360 g/mol. The van der Waals surface area contributed by atoms with E-state index in [0.29, 0.717) is 17.4 Å². The number of hydrogen-bond acceptors (Lipinski definition) is 5. The molecule has 5 heteroatoms. The Labute approximate surface area is 159 Å². The lowest BCUT2D eigenvalue weighted by molar-refractivity contribution is 0.230. The third-order valence-corrected chi connectivity index (χ3v) is 5.51. The van der Waals surface area contributed by atoms with Crippen molar-refractivity contribution in [2.45, 2.75) is 25.8 Å². The molecule has 4 rings (SSSR count). The standard InChI is InChI=1S/C22H24N4O/c1-3-26-10-8-16(9-11-26)24-22-17-6-4-5-7-19(17)25-20-12-15(14-23)21(27-2)13-18(20)22/h4-7,12-13,16H,3,8-11H2,1-2H3,(H,24,25). The third kappa shape index (κ3) is 3.29. The summed E-state index contributed by atoms with van der Waals surface area (Å²) >= 11 is 0. The molecule has 0 atom stereocenters. The van der Waals surface area contributed by atoms with E-state index in [0.717, 1.165) is 60.0 Å². The van der Waals surface area contributed by atoms with Crippen molar-refractivity contribution in [3.8, 4) is 11.8 Å². The molecule has 1 aliphatic rings. The van der Waals surface area contributed by atoms with Crippen LogP contribution < -0.4 is 10.1 Å². The first-order chi connectivity index (χ1) is 13.2. The number of ether oxygens (including phenoxy) is 1. The van der Waals surface area contributed by atoms with E-state index in [-0.39, 0.29) is 0 Å². The van der Waals surface area contributed by atoms with Crippen LogP contribution in [0.1, 0.15) is 25.3 Å². The molecular formula is C22H24N4O. The summed E-state index contributed by atoms with van der Waals surface area (Å²) in [4.78, 5) is 7.28. The Balaban J connectivity index is 1.83. The predicted octanol–water partition coefficient (Wildman–Crippen LogP) is 4.16. The van der Waals surface area contributed by atoms with Crippen molar-refractivity contribution in [2.75, 3.05) is 32.1 Å². The van der Waals surface area contributed by atoms with Crippen LogP contribution in [-0.4, -0.2) is 42.7 Å². The summed E-state index contributed by atoms with van der Waals surface area (Å²) in [6, 6.07) is 14.6. The Bertz CT molecular complexity index is 1020. The van der Waals surface area contributed by atoms with E-state index in [1.807, 2.05) is 30.3 Å². The largest absolute Gasteiger partial charge is 0.495 e. The predicted molar refractivity (Wildman–Crippen MR) is 109 cm³/mol. The Morgan fingerprint density at radius 1 is 1.19 bits per heavy atom. The molecule has 1 saturated heterocycles. The van der Waals surface area contributed by atoms with E-state index in [1.54, 1.807) is 7.11 Å². The molecule has 0 bridgehead atoms. The van der Waals surface area contributed by atoms with Gasteiger partial charge in [0.05, 0.1) is 29.4 Å². The van der Waals surface area contributed by atoms with E-state index in [1.165, 1.54) is 0 Å². The highest BCUT2D eigenvalue weighted by atomic mass is 16.5. The maximum atomic E-state index is 9.42. The summed E-state index contributed by atoms with van der Waals surface area (Å²) in [5, 5.41) is 15.3. The summed E-state index contributed by atoms with van der Waals surface area (Å²) < 4.78 is 5.45. The average molecular weight is 360 g/mol. The van der Waals surface area contributed by atoms with Crippen molar-refractivity contribution in [3.05, 3.63) is 42.0 Å². The number of hydrogen-bond donors (Lipinski definition) is 1. The molecule has 1 aromatic heterocycles. The normalized spacial score (nSPS) is 15.7. The zero-order chi connectivity index (χ0) is 18.8. The molecule has 27 heavy (non-hydrogen) atoms. The Morgan fingerprint density at radius 3 is 2.67 bits per heavy atom. The molecule has 2 aromatic carbocycles. The quantitative estimate of drug-likeness (QED) is 0.708. The van der Waals surface area contributed by atoms with Crippen molar-refractivity contribution in [1.29, 1.82) is 5.26 Å². The molecule has 0 radical (unpaired) electrons. The lowest BCUT2D eigenvalue weighted by Gasteiger charge is -2.32. The van der Waals surface area contributed by atoms with Crippen LogP contribution in [0.3, 0.4) is 0 Å². The van der Waals surface area contributed by atoms with Gasteiger partial charge >= 0.3 is 0 Å². The molecule has 0 aliphatic carbocycles. The van der Waals surface area contributed by atoms with Crippen molar-refractivity contribution in [3.63, 3.8) is 0 Å². The van der Waals surface area contributed by atoms with Gasteiger partial charge in [-0.3, -0.25) is 0 Å². The smallest absolute Gasteiger partial charge is 0.137 e. The highest BCUT2D eigenvalue weighted by Gasteiger charge is 2.20. The van der Waals surface area contributed by atoms with Gasteiger partial charge in [0.25, 0.3) is 0 Å². The van der Waals surface area contributed by atoms with Gasteiger partial charge in [0.1, 0.15) is 11.8 Å². The highest BCUT2D eigenvalue weighted by Crippen LogP contribution is 2.35. The van der Waals surface area contributed by atoms with Gasteiger partial charge in [0, 0.05) is 29.9 Å². The number of aromatic nitrogens is 1. The van der Waals surface area contributed by atoms with E-state index in [9.17, 15) is 5.26 Å². The fraction of sp³-hybridized carbons (Fsp3) is 0.364. The van der Waals surface area contributed by atoms with E-state index >= 15 is 0 Å². The number of fused-ring (bicyclic) bond motifs is 2. The minimum Gasteiger partial charge on any atom is -0.495 e. The van der Waals surface area contributed by atoms with Crippen LogP contribution in [-0.2, 0) is 0 Å². The van der Waals surface area contributed by atoms with Crippen LogP contribution in [0.15, 0.2) is 36.4 Å².